The van der Waals surface area contributed by atoms with Crippen LogP contribution >= 0.6 is 39.7 Å². The van der Waals surface area contributed by atoms with Gasteiger partial charge in [-0.05, 0) is 43.3 Å². The van der Waals surface area contributed by atoms with E-state index in [4.69, 9.17) is 16.3 Å². The zero-order valence-electron chi connectivity index (χ0n) is 10.4. The van der Waals surface area contributed by atoms with Gasteiger partial charge in [0, 0.05) is 16.3 Å². The van der Waals surface area contributed by atoms with Crippen molar-refractivity contribution in [1.29, 1.82) is 0 Å². The number of hydrogen-bond acceptors (Lipinski definition) is 4. The van der Waals surface area contributed by atoms with Crippen molar-refractivity contribution < 1.29 is 9.53 Å². The number of ether oxygens (including phenoxy) is 1. The van der Waals surface area contributed by atoms with Crippen molar-refractivity contribution in [2.45, 2.75) is 24.6 Å². The van der Waals surface area contributed by atoms with Gasteiger partial charge in [-0.3, -0.25) is 4.79 Å². The van der Waals surface area contributed by atoms with Crippen LogP contribution in [0.5, 0.6) is 0 Å². The number of hydrogen-bond donors (Lipinski definition) is 0. The Morgan fingerprint density at radius 2 is 2.37 bits per heavy atom. The molecule has 0 spiro atoms. The first-order chi connectivity index (χ1) is 9.08. The highest BCUT2D eigenvalue weighted by atomic mass is 79.9. The van der Waals surface area contributed by atoms with E-state index < -0.39 is 0 Å². The van der Waals surface area contributed by atoms with Gasteiger partial charge in [-0.2, -0.15) is 4.99 Å². The van der Waals surface area contributed by atoms with Gasteiger partial charge in [-0.25, -0.2) is 0 Å². The Bertz CT molecular complexity index is 503. The average molecular weight is 363 g/mol. The molecule has 0 radical (unpaired) electrons. The predicted molar refractivity (Wildman–Crippen MR) is 83.7 cm³/mol. The number of alkyl halides is 1. The molecule has 1 aromatic carbocycles. The summed E-state index contributed by atoms with van der Waals surface area (Å²) in [5.74, 6) is -0.208. The zero-order chi connectivity index (χ0) is 14.3. The molecule has 0 aliphatic heterocycles. The first kappa shape index (κ1) is 16.3. The van der Waals surface area contributed by atoms with Gasteiger partial charge in [0.2, 0.25) is 0 Å². The molecule has 0 bridgehead atoms. The number of benzene rings is 1. The molecule has 0 aromatic heterocycles. The molecular formula is C13H13BrClNO2S. The zero-order valence-corrected chi connectivity index (χ0v) is 13.5. The summed E-state index contributed by atoms with van der Waals surface area (Å²) in [6, 6.07) is 5.35. The van der Waals surface area contributed by atoms with Crippen molar-refractivity contribution in [3.63, 3.8) is 0 Å². The number of carbonyl (C=O) groups excluding carboxylic acids is 1. The Hall–Kier alpha value is -0.740. The molecule has 1 atom stereocenters. The van der Waals surface area contributed by atoms with Crippen LogP contribution in [0.2, 0.25) is 5.02 Å². The number of halogens is 2. The Kier molecular flexibility index (Phi) is 7.24. The Morgan fingerprint density at radius 3 is 3.00 bits per heavy atom. The lowest BCUT2D eigenvalue weighted by Gasteiger charge is -2.12. The predicted octanol–water partition coefficient (Wildman–Crippen LogP) is 4.85. The summed E-state index contributed by atoms with van der Waals surface area (Å²) in [5, 5.41) is 2.91. The molecule has 102 valence electrons. The number of nitrogens with zero attached hydrogens (tertiary/aromatic N) is 1. The molecule has 19 heavy (non-hydrogen) atoms. The van der Waals surface area contributed by atoms with Crippen LogP contribution < -0.4 is 0 Å². The minimum Gasteiger partial charge on any atom is -0.466 e. The SMILES string of the molecule is CCOC(=O)CCC(Br)c1ccc(Cl)cc1N=C=S. The van der Waals surface area contributed by atoms with Crippen molar-refractivity contribution in [3.8, 4) is 0 Å². The second-order valence-electron chi connectivity index (χ2n) is 3.72. The molecule has 0 saturated heterocycles. The van der Waals surface area contributed by atoms with Gasteiger partial charge in [0.15, 0.2) is 0 Å². The smallest absolute Gasteiger partial charge is 0.305 e. The third-order valence-corrected chi connectivity index (χ3v) is 3.68. The monoisotopic (exact) mass is 361 g/mol. The maximum atomic E-state index is 11.3. The second kappa shape index (κ2) is 8.43. The highest BCUT2D eigenvalue weighted by Gasteiger charge is 2.14. The van der Waals surface area contributed by atoms with E-state index in [1.807, 2.05) is 6.07 Å². The van der Waals surface area contributed by atoms with Crippen molar-refractivity contribution in [2.75, 3.05) is 6.61 Å². The van der Waals surface area contributed by atoms with E-state index in [2.05, 4.69) is 38.3 Å². The molecule has 1 aromatic rings. The summed E-state index contributed by atoms with van der Waals surface area (Å²) < 4.78 is 4.89. The maximum absolute atomic E-state index is 11.3. The largest absolute Gasteiger partial charge is 0.466 e. The minimum atomic E-state index is -0.208. The van der Waals surface area contributed by atoms with Crippen LogP contribution in [0.15, 0.2) is 23.2 Å². The van der Waals surface area contributed by atoms with Crippen molar-refractivity contribution >= 4 is 56.6 Å². The van der Waals surface area contributed by atoms with E-state index in [0.29, 0.717) is 30.2 Å². The van der Waals surface area contributed by atoms with Gasteiger partial charge in [0.1, 0.15) is 0 Å². The Morgan fingerprint density at radius 1 is 1.63 bits per heavy atom. The van der Waals surface area contributed by atoms with Crippen molar-refractivity contribution in [2.24, 2.45) is 4.99 Å². The number of rotatable bonds is 6. The van der Waals surface area contributed by atoms with E-state index in [-0.39, 0.29) is 10.8 Å². The first-order valence-electron chi connectivity index (χ1n) is 5.75. The second-order valence-corrected chi connectivity index (χ2v) is 5.44. The van der Waals surface area contributed by atoms with Gasteiger partial charge in [0.25, 0.3) is 0 Å². The minimum absolute atomic E-state index is 0.0173. The van der Waals surface area contributed by atoms with Crippen molar-refractivity contribution in [1.82, 2.24) is 0 Å². The lowest BCUT2D eigenvalue weighted by molar-refractivity contribution is -0.143. The number of esters is 1. The average Bonchev–Trinajstić information content (AvgIpc) is 2.37. The van der Waals surface area contributed by atoms with Crippen LogP contribution in [0, 0.1) is 0 Å². The summed E-state index contributed by atoms with van der Waals surface area (Å²) in [6.07, 6.45) is 0.952. The number of thiocarbonyl (C=S) groups is 1. The fourth-order valence-electron chi connectivity index (χ4n) is 1.56. The van der Waals surface area contributed by atoms with E-state index in [9.17, 15) is 4.79 Å². The van der Waals surface area contributed by atoms with Gasteiger partial charge >= 0.3 is 5.97 Å². The topological polar surface area (TPSA) is 38.7 Å². The molecule has 0 aliphatic carbocycles. The quantitative estimate of drug-likeness (QED) is 0.314. The summed E-state index contributed by atoms with van der Waals surface area (Å²) in [5.41, 5.74) is 1.58. The molecule has 0 saturated carbocycles. The standard InChI is InChI=1S/C13H13BrClNO2S/c1-2-18-13(17)6-5-11(14)10-4-3-9(15)7-12(10)16-8-19/h3-4,7,11H,2,5-6H2,1H3. The lowest BCUT2D eigenvalue weighted by Crippen LogP contribution is -2.05. The lowest BCUT2D eigenvalue weighted by atomic mass is 10.1. The first-order valence-corrected chi connectivity index (χ1v) is 7.45. The van der Waals surface area contributed by atoms with Crippen molar-refractivity contribution in [3.05, 3.63) is 28.8 Å². The highest BCUT2D eigenvalue weighted by Crippen LogP contribution is 2.36. The summed E-state index contributed by atoms with van der Waals surface area (Å²) >= 11 is 14.1. The van der Waals surface area contributed by atoms with Gasteiger partial charge < -0.3 is 4.74 Å². The number of aliphatic imine (C=N–C) groups is 1. The van der Waals surface area contributed by atoms with Gasteiger partial charge in [-0.1, -0.05) is 33.6 Å². The molecule has 0 amide bonds. The molecule has 0 fully saturated rings. The van der Waals surface area contributed by atoms with E-state index in [1.165, 1.54) is 0 Å². The third-order valence-electron chi connectivity index (χ3n) is 2.40. The van der Waals surface area contributed by atoms with E-state index in [1.54, 1.807) is 19.1 Å². The van der Waals surface area contributed by atoms with Crippen LogP contribution in [-0.2, 0) is 9.53 Å². The molecule has 0 heterocycles. The summed E-state index contributed by atoms with van der Waals surface area (Å²) in [6.45, 7) is 2.18. The normalized spacial score (nSPS) is 11.5. The van der Waals surface area contributed by atoms with Crippen LogP contribution in [0.4, 0.5) is 5.69 Å². The van der Waals surface area contributed by atoms with Crippen LogP contribution in [-0.4, -0.2) is 17.7 Å². The maximum Gasteiger partial charge on any atom is 0.305 e. The Balaban J connectivity index is 2.78. The van der Waals surface area contributed by atoms with Gasteiger partial charge in [0.05, 0.1) is 17.5 Å². The summed E-state index contributed by atoms with van der Waals surface area (Å²) in [7, 11) is 0. The molecule has 1 unspecified atom stereocenters. The molecule has 3 nitrogen and oxygen atoms in total. The molecule has 0 N–H and O–H groups in total. The fourth-order valence-corrected chi connectivity index (χ4v) is 2.44. The van der Waals surface area contributed by atoms with Crippen LogP contribution in [0.25, 0.3) is 0 Å². The third kappa shape index (κ3) is 5.41. The van der Waals surface area contributed by atoms with Crippen LogP contribution in [0.3, 0.4) is 0 Å². The van der Waals surface area contributed by atoms with Gasteiger partial charge in [-0.15, -0.1) is 0 Å². The fraction of sp³-hybridized carbons (Fsp3) is 0.385. The summed E-state index contributed by atoms with van der Waals surface area (Å²) in [4.78, 5) is 15.3. The number of isothiocyanates is 1. The van der Waals surface area contributed by atoms with E-state index >= 15 is 0 Å². The molecule has 6 heteroatoms. The molecule has 1 rings (SSSR count). The number of carbonyl (C=O) groups is 1. The Labute approximate surface area is 131 Å². The molecule has 0 aliphatic rings. The van der Waals surface area contributed by atoms with Crippen LogP contribution in [0.1, 0.15) is 30.2 Å². The molecular weight excluding hydrogens is 350 g/mol. The highest BCUT2D eigenvalue weighted by molar-refractivity contribution is 9.09. The van der Waals surface area contributed by atoms with E-state index in [0.717, 1.165) is 5.56 Å².